The van der Waals surface area contributed by atoms with E-state index in [4.69, 9.17) is 4.74 Å². The highest BCUT2D eigenvalue weighted by atomic mass is 19.2. The molecule has 0 aliphatic carbocycles. The number of nitrogens with one attached hydrogen (secondary N) is 2. The van der Waals surface area contributed by atoms with Gasteiger partial charge in [0.2, 0.25) is 5.91 Å². The minimum Gasteiger partial charge on any atom is -0.374 e. The second-order valence-electron chi connectivity index (χ2n) is 7.31. The number of halogens is 3. The molecule has 0 bridgehead atoms. The van der Waals surface area contributed by atoms with E-state index in [2.05, 4.69) is 10.6 Å². The van der Waals surface area contributed by atoms with E-state index < -0.39 is 29.4 Å². The first-order valence-corrected chi connectivity index (χ1v) is 9.45. The molecule has 3 rings (SSSR count). The number of morpholine rings is 1. The molecule has 0 radical (unpaired) electrons. The molecule has 2 aromatic rings. The fraction of sp³-hybridized carbons (Fsp3) is 0.381. The van der Waals surface area contributed by atoms with E-state index in [1.807, 2.05) is 18.7 Å². The van der Waals surface area contributed by atoms with Crippen LogP contribution in [0.3, 0.4) is 0 Å². The molecule has 1 saturated heterocycles. The smallest absolute Gasteiger partial charge is 0.246 e. The molecule has 1 heterocycles. The van der Waals surface area contributed by atoms with Crippen molar-refractivity contribution in [1.29, 1.82) is 0 Å². The third-order valence-electron chi connectivity index (χ3n) is 4.67. The van der Waals surface area contributed by atoms with Crippen LogP contribution in [-0.2, 0) is 9.53 Å². The highest BCUT2D eigenvalue weighted by molar-refractivity contribution is 5.96. The molecule has 29 heavy (non-hydrogen) atoms. The number of rotatable bonds is 5. The standard InChI is InChI=1S/C21H24F3N3O2/c1-12-10-27(11-13(2)29-12)20-7-5-15(9-19(20)24)25-14(3)21(28)26-16-4-6-17(22)18(23)8-16/h4-9,12-14,25H,10-11H2,1-3H3,(H,26,28). The Balaban J connectivity index is 1.64. The van der Waals surface area contributed by atoms with E-state index in [-0.39, 0.29) is 17.9 Å². The van der Waals surface area contributed by atoms with Crippen LogP contribution in [-0.4, -0.2) is 37.2 Å². The van der Waals surface area contributed by atoms with Gasteiger partial charge in [0, 0.05) is 30.5 Å². The van der Waals surface area contributed by atoms with Gasteiger partial charge in [0.1, 0.15) is 11.9 Å². The first-order valence-electron chi connectivity index (χ1n) is 9.45. The molecule has 1 aliphatic heterocycles. The van der Waals surface area contributed by atoms with Gasteiger partial charge in [0.25, 0.3) is 0 Å². The van der Waals surface area contributed by atoms with Gasteiger partial charge in [0.15, 0.2) is 11.6 Å². The molecule has 1 fully saturated rings. The Bertz CT molecular complexity index is 883. The summed E-state index contributed by atoms with van der Waals surface area (Å²) in [4.78, 5) is 14.2. The summed E-state index contributed by atoms with van der Waals surface area (Å²) < 4.78 is 46.6. The average molecular weight is 407 g/mol. The maximum Gasteiger partial charge on any atom is 0.246 e. The van der Waals surface area contributed by atoms with Gasteiger partial charge >= 0.3 is 0 Å². The Morgan fingerprint density at radius 2 is 1.62 bits per heavy atom. The van der Waals surface area contributed by atoms with Gasteiger partial charge in [-0.05, 0) is 51.1 Å². The van der Waals surface area contributed by atoms with E-state index in [1.165, 1.54) is 12.1 Å². The Labute approximate surface area is 167 Å². The maximum atomic E-state index is 14.7. The van der Waals surface area contributed by atoms with Crippen molar-refractivity contribution in [3.05, 3.63) is 53.8 Å². The Morgan fingerprint density at radius 1 is 1.00 bits per heavy atom. The van der Waals surface area contributed by atoms with Crippen molar-refractivity contribution in [3.8, 4) is 0 Å². The number of ether oxygens (including phenoxy) is 1. The maximum absolute atomic E-state index is 14.7. The SMILES string of the molecule is CC1CN(c2ccc(NC(C)C(=O)Nc3ccc(F)c(F)c3)cc2F)CC(C)O1. The molecule has 156 valence electrons. The largest absolute Gasteiger partial charge is 0.374 e. The monoisotopic (exact) mass is 407 g/mol. The van der Waals surface area contributed by atoms with Crippen molar-refractivity contribution in [2.45, 2.75) is 39.0 Å². The summed E-state index contributed by atoms with van der Waals surface area (Å²) in [5.74, 6) is -2.90. The van der Waals surface area contributed by atoms with Crippen LogP contribution >= 0.6 is 0 Å². The zero-order valence-corrected chi connectivity index (χ0v) is 16.5. The molecule has 1 amide bonds. The van der Waals surface area contributed by atoms with Crippen LogP contribution in [0.25, 0.3) is 0 Å². The molecule has 5 nitrogen and oxygen atoms in total. The van der Waals surface area contributed by atoms with Gasteiger partial charge < -0.3 is 20.3 Å². The second kappa shape index (κ2) is 8.73. The lowest BCUT2D eigenvalue weighted by Crippen LogP contribution is -2.45. The van der Waals surface area contributed by atoms with Crippen LogP contribution in [0.2, 0.25) is 0 Å². The van der Waals surface area contributed by atoms with E-state index in [0.29, 0.717) is 24.5 Å². The summed E-state index contributed by atoms with van der Waals surface area (Å²) in [5, 5.41) is 5.41. The number of benzene rings is 2. The quantitative estimate of drug-likeness (QED) is 0.782. The molecule has 1 aliphatic rings. The minimum atomic E-state index is -1.05. The van der Waals surface area contributed by atoms with Crippen molar-refractivity contribution in [2.24, 2.45) is 0 Å². The molecule has 2 aromatic carbocycles. The Morgan fingerprint density at radius 3 is 2.24 bits per heavy atom. The first-order chi connectivity index (χ1) is 13.7. The van der Waals surface area contributed by atoms with Crippen LogP contribution in [0, 0.1) is 17.5 Å². The van der Waals surface area contributed by atoms with Gasteiger partial charge in [-0.1, -0.05) is 0 Å². The Kier molecular flexibility index (Phi) is 6.32. The van der Waals surface area contributed by atoms with Crippen molar-refractivity contribution in [2.75, 3.05) is 28.6 Å². The summed E-state index contributed by atoms with van der Waals surface area (Å²) in [6.07, 6.45) is 0.0203. The molecule has 0 aromatic heterocycles. The molecule has 2 N–H and O–H groups in total. The van der Waals surface area contributed by atoms with Crippen molar-refractivity contribution < 1.29 is 22.7 Å². The highest BCUT2D eigenvalue weighted by Gasteiger charge is 2.24. The second-order valence-corrected chi connectivity index (χ2v) is 7.31. The van der Waals surface area contributed by atoms with Crippen molar-refractivity contribution in [1.82, 2.24) is 0 Å². The predicted octanol–water partition coefficient (Wildman–Crippen LogP) is 4.16. The van der Waals surface area contributed by atoms with Gasteiger partial charge in [-0.2, -0.15) is 0 Å². The van der Waals surface area contributed by atoms with Crippen LogP contribution in [0.15, 0.2) is 36.4 Å². The lowest BCUT2D eigenvalue weighted by molar-refractivity contribution is -0.116. The summed E-state index contributed by atoms with van der Waals surface area (Å²) >= 11 is 0. The fourth-order valence-corrected chi connectivity index (χ4v) is 3.37. The molecule has 8 heteroatoms. The molecule has 0 spiro atoms. The summed E-state index contributed by atoms with van der Waals surface area (Å²) in [6, 6.07) is 7.08. The normalized spacial score (nSPS) is 20.3. The summed E-state index contributed by atoms with van der Waals surface area (Å²) in [5.41, 5.74) is 1.06. The predicted molar refractivity (Wildman–Crippen MR) is 107 cm³/mol. The zero-order valence-electron chi connectivity index (χ0n) is 16.5. The van der Waals surface area contributed by atoms with Gasteiger partial charge in [0.05, 0.1) is 17.9 Å². The molecule has 0 saturated carbocycles. The number of carbonyl (C=O) groups is 1. The topological polar surface area (TPSA) is 53.6 Å². The minimum absolute atomic E-state index is 0.0102. The number of anilines is 3. The number of amides is 1. The molecule has 3 atom stereocenters. The fourth-order valence-electron chi connectivity index (χ4n) is 3.37. The summed E-state index contributed by atoms with van der Waals surface area (Å²) in [6.45, 7) is 6.68. The van der Waals surface area contributed by atoms with Crippen LogP contribution < -0.4 is 15.5 Å². The number of carbonyl (C=O) groups excluding carboxylic acids is 1. The van der Waals surface area contributed by atoms with E-state index in [9.17, 15) is 18.0 Å². The van der Waals surface area contributed by atoms with Crippen LogP contribution in [0.4, 0.5) is 30.2 Å². The van der Waals surface area contributed by atoms with Gasteiger partial charge in [-0.25, -0.2) is 13.2 Å². The highest BCUT2D eigenvalue weighted by Crippen LogP contribution is 2.26. The third-order valence-corrected chi connectivity index (χ3v) is 4.67. The van der Waals surface area contributed by atoms with Crippen molar-refractivity contribution >= 4 is 23.0 Å². The number of nitrogens with zero attached hydrogens (tertiary/aromatic N) is 1. The number of hydrogen-bond acceptors (Lipinski definition) is 4. The molecule has 3 unspecified atom stereocenters. The van der Waals surface area contributed by atoms with Gasteiger partial charge in [-0.3, -0.25) is 4.79 Å². The first kappa shape index (κ1) is 21.0. The Hall–Kier alpha value is -2.74. The molecular weight excluding hydrogens is 383 g/mol. The van der Waals surface area contributed by atoms with Crippen molar-refractivity contribution in [3.63, 3.8) is 0 Å². The van der Waals surface area contributed by atoms with Crippen LogP contribution in [0.1, 0.15) is 20.8 Å². The van der Waals surface area contributed by atoms with E-state index >= 15 is 0 Å². The average Bonchev–Trinajstić information content (AvgIpc) is 2.64. The van der Waals surface area contributed by atoms with E-state index in [1.54, 1.807) is 19.1 Å². The number of hydrogen-bond donors (Lipinski definition) is 2. The third kappa shape index (κ3) is 5.20. The molecular formula is C21H24F3N3O2. The lowest BCUT2D eigenvalue weighted by atomic mass is 10.1. The van der Waals surface area contributed by atoms with Gasteiger partial charge in [-0.15, -0.1) is 0 Å². The van der Waals surface area contributed by atoms with E-state index in [0.717, 1.165) is 12.1 Å². The zero-order chi connectivity index (χ0) is 21.1. The van der Waals surface area contributed by atoms with Crippen LogP contribution in [0.5, 0.6) is 0 Å². The lowest BCUT2D eigenvalue weighted by Gasteiger charge is -2.37. The summed E-state index contributed by atoms with van der Waals surface area (Å²) in [7, 11) is 0.